The van der Waals surface area contributed by atoms with Crippen molar-refractivity contribution in [3.05, 3.63) is 59.1 Å². The second-order valence-corrected chi connectivity index (χ2v) is 5.92. The van der Waals surface area contributed by atoms with E-state index in [0.29, 0.717) is 16.3 Å². The number of carbonyl (C=O) groups is 2. The second kappa shape index (κ2) is 7.84. The summed E-state index contributed by atoms with van der Waals surface area (Å²) in [4.78, 5) is 26.2. The fourth-order valence-electron chi connectivity index (χ4n) is 1.97. The van der Waals surface area contributed by atoms with Gasteiger partial charge in [-0.3, -0.25) is 4.79 Å². The summed E-state index contributed by atoms with van der Waals surface area (Å²) in [5.74, 6) is -0.952. The van der Waals surface area contributed by atoms with Gasteiger partial charge in [0.05, 0.1) is 5.56 Å². The molecule has 0 saturated heterocycles. The van der Waals surface area contributed by atoms with E-state index in [9.17, 15) is 9.59 Å². The van der Waals surface area contributed by atoms with Crippen LogP contribution in [0.2, 0.25) is 5.02 Å². The van der Waals surface area contributed by atoms with Crippen LogP contribution in [-0.4, -0.2) is 32.1 Å². The van der Waals surface area contributed by atoms with E-state index in [1.165, 1.54) is 6.92 Å². The third-order valence-electron chi connectivity index (χ3n) is 3.36. The van der Waals surface area contributed by atoms with Crippen molar-refractivity contribution in [3.8, 4) is 0 Å². The number of carbonyl (C=O) groups excluding carboxylic acids is 2. The Balaban J connectivity index is 1.99. The number of anilines is 2. The van der Waals surface area contributed by atoms with E-state index < -0.39 is 18.0 Å². The van der Waals surface area contributed by atoms with Crippen molar-refractivity contribution < 1.29 is 14.3 Å². The first-order valence-electron chi connectivity index (χ1n) is 7.41. The van der Waals surface area contributed by atoms with Gasteiger partial charge in [-0.25, -0.2) is 4.79 Å². The average Bonchev–Trinajstić information content (AvgIpc) is 2.56. The Morgan fingerprint density at radius 1 is 1.12 bits per heavy atom. The number of hydrogen-bond donors (Lipinski definition) is 1. The van der Waals surface area contributed by atoms with E-state index in [4.69, 9.17) is 16.3 Å². The quantitative estimate of drug-likeness (QED) is 0.840. The van der Waals surface area contributed by atoms with Gasteiger partial charge in [-0.1, -0.05) is 17.7 Å². The number of benzene rings is 2. The van der Waals surface area contributed by atoms with E-state index in [2.05, 4.69) is 5.32 Å². The minimum Gasteiger partial charge on any atom is -0.449 e. The maximum Gasteiger partial charge on any atom is 0.338 e. The molecule has 2 aromatic rings. The van der Waals surface area contributed by atoms with Crippen molar-refractivity contribution in [1.29, 1.82) is 0 Å². The highest BCUT2D eigenvalue weighted by Gasteiger charge is 2.19. The molecule has 0 heterocycles. The molecular formula is C18H19ClN2O3. The Morgan fingerprint density at radius 2 is 1.79 bits per heavy atom. The van der Waals surface area contributed by atoms with E-state index in [0.717, 1.165) is 5.69 Å². The van der Waals surface area contributed by atoms with Crippen LogP contribution in [0.1, 0.15) is 17.3 Å². The fraction of sp³-hybridized carbons (Fsp3) is 0.222. The van der Waals surface area contributed by atoms with Crippen LogP contribution in [0, 0.1) is 0 Å². The Kier molecular flexibility index (Phi) is 5.82. The zero-order chi connectivity index (χ0) is 17.7. The number of ether oxygens (including phenoxy) is 1. The molecule has 5 nitrogen and oxygen atoms in total. The molecule has 0 aliphatic rings. The minimum absolute atomic E-state index is 0.396. The van der Waals surface area contributed by atoms with E-state index in [1.54, 1.807) is 42.5 Å². The number of rotatable bonds is 5. The fourth-order valence-corrected chi connectivity index (χ4v) is 2.10. The third kappa shape index (κ3) is 4.73. The van der Waals surface area contributed by atoms with E-state index in [1.807, 2.05) is 25.1 Å². The average molecular weight is 347 g/mol. The van der Waals surface area contributed by atoms with Crippen LogP contribution in [-0.2, 0) is 9.53 Å². The SMILES string of the molecule is CC(OC(=O)c1cccc(N(C)C)c1)C(=O)Nc1ccc(Cl)cc1. The highest BCUT2D eigenvalue weighted by atomic mass is 35.5. The number of nitrogens with one attached hydrogen (secondary N) is 1. The van der Waals surface area contributed by atoms with Gasteiger partial charge in [0.1, 0.15) is 0 Å². The molecule has 1 N–H and O–H groups in total. The molecule has 1 atom stereocenters. The maximum atomic E-state index is 12.2. The van der Waals surface area contributed by atoms with Gasteiger partial charge in [0, 0.05) is 30.5 Å². The van der Waals surface area contributed by atoms with Crippen LogP contribution in [0.4, 0.5) is 11.4 Å². The molecule has 0 saturated carbocycles. The summed E-state index contributed by atoms with van der Waals surface area (Å²) < 4.78 is 5.23. The lowest BCUT2D eigenvalue weighted by molar-refractivity contribution is -0.123. The summed E-state index contributed by atoms with van der Waals surface area (Å²) in [6.45, 7) is 1.53. The first kappa shape index (κ1) is 17.8. The van der Waals surface area contributed by atoms with Gasteiger partial charge in [0.25, 0.3) is 5.91 Å². The summed E-state index contributed by atoms with van der Waals surface area (Å²) in [6, 6.07) is 13.7. The molecule has 0 aliphatic carbocycles. The lowest BCUT2D eigenvalue weighted by atomic mass is 10.2. The minimum atomic E-state index is -0.920. The zero-order valence-corrected chi connectivity index (χ0v) is 14.5. The van der Waals surface area contributed by atoms with E-state index in [-0.39, 0.29) is 0 Å². The molecule has 0 fully saturated rings. The Morgan fingerprint density at radius 3 is 2.42 bits per heavy atom. The molecule has 6 heteroatoms. The first-order chi connectivity index (χ1) is 11.4. The van der Waals surface area contributed by atoms with Gasteiger partial charge in [-0.15, -0.1) is 0 Å². The van der Waals surface area contributed by atoms with Crippen molar-refractivity contribution in [2.45, 2.75) is 13.0 Å². The number of nitrogens with zero attached hydrogens (tertiary/aromatic N) is 1. The molecule has 2 aromatic carbocycles. The summed E-state index contributed by atoms with van der Waals surface area (Å²) >= 11 is 5.80. The van der Waals surface area contributed by atoms with Crippen LogP contribution in [0.5, 0.6) is 0 Å². The van der Waals surface area contributed by atoms with Gasteiger partial charge < -0.3 is 15.0 Å². The molecular weight excluding hydrogens is 328 g/mol. The van der Waals surface area contributed by atoms with Gasteiger partial charge in [-0.2, -0.15) is 0 Å². The van der Waals surface area contributed by atoms with Crippen molar-refractivity contribution in [2.75, 3.05) is 24.3 Å². The molecule has 0 aliphatic heterocycles. The standard InChI is InChI=1S/C18H19ClN2O3/c1-12(17(22)20-15-9-7-14(19)8-10-15)24-18(23)13-5-4-6-16(11-13)21(2)3/h4-12H,1-3H3,(H,20,22). The van der Waals surface area contributed by atoms with Gasteiger partial charge in [0.2, 0.25) is 0 Å². The molecule has 2 rings (SSSR count). The third-order valence-corrected chi connectivity index (χ3v) is 3.62. The molecule has 0 radical (unpaired) electrons. The first-order valence-corrected chi connectivity index (χ1v) is 7.79. The second-order valence-electron chi connectivity index (χ2n) is 5.49. The number of esters is 1. The smallest absolute Gasteiger partial charge is 0.338 e. The molecule has 0 spiro atoms. The Bertz CT molecular complexity index is 729. The monoisotopic (exact) mass is 346 g/mol. The van der Waals surface area contributed by atoms with Crippen molar-refractivity contribution in [1.82, 2.24) is 0 Å². The summed E-state index contributed by atoms with van der Waals surface area (Å²) in [6.07, 6.45) is -0.920. The number of amides is 1. The topological polar surface area (TPSA) is 58.6 Å². The van der Waals surface area contributed by atoms with Crippen LogP contribution in [0.25, 0.3) is 0 Å². The molecule has 1 amide bonds. The van der Waals surface area contributed by atoms with E-state index >= 15 is 0 Å². The lowest BCUT2D eigenvalue weighted by Gasteiger charge is -2.15. The predicted octanol–water partition coefficient (Wildman–Crippen LogP) is 3.59. The summed E-state index contributed by atoms with van der Waals surface area (Å²) in [7, 11) is 3.76. The van der Waals surface area contributed by atoms with Crippen molar-refractivity contribution in [3.63, 3.8) is 0 Å². The lowest BCUT2D eigenvalue weighted by Crippen LogP contribution is -2.30. The van der Waals surface area contributed by atoms with Crippen LogP contribution in [0.15, 0.2) is 48.5 Å². The van der Waals surface area contributed by atoms with Gasteiger partial charge in [0.15, 0.2) is 6.10 Å². The summed E-state index contributed by atoms with van der Waals surface area (Å²) in [5.41, 5.74) is 1.86. The Labute approximate surface area is 146 Å². The van der Waals surface area contributed by atoms with Crippen molar-refractivity contribution >= 4 is 34.9 Å². The largest absolute Gasteiger partial charge is 0.449 e. The van der Waals surface area contributed by atoms with Gasteiger partial charge in [-0.05, 0) is 49.4 Å². The van der Waals surface area contributed by atoms with Crippen molar-refractivity contribution in [2.24, 2.45) is 0 Å². The predicted molar refractivity (Wildman–Crippen MR) is 95.7 cm³/mol. The molecule has 1 unspecified atom stereocenters. The Hall–Kier alpha value is -2.53. The maximum absolute atomic E-state index is 12.2. The van der Waals surface area contributed by atoms with Crippen LogP contribution in [0.3, 0.4) is 0 Å². The number of hydrogen-bond acceptors (Lipinski definition) is 4. The normalized spacial score (nSPS) is 11.5. The highest BCUT2D eigenvalue weighted by Crippen LogP contribution is 2.16. The molecule has 0 bridgehead atoms. The summed E-state index contributed by atoms with van der Waals surface area (Å²) in [5, 5.41) is 3.25. The van der Waals surface area contributed by atoms with Crippen LogP contribution < -0.4 is 10.2 Å². The molecule has 24 heavy (non-hydrogen) atoms. The molecule has 126 valence electrons. The molecule has 0 aromatic heterocycles. The van der Waals surface area contributed by atoms with Gasteiger partial charge >= 0.3 is 5.97 Å². The highest BCUT2D eigenvalue weighted by molar-refractivity contribution is 6.30. The van der Waals surface area contributed by atoms with Crippen LogP contribution >= 0.6 is 11.6 Å². The zero-order valence-electron chi connectivity index (χ0n) is 13.7. The number of halogens is 1.